The SMILES string of the molecule is CC1(CN)CCN(c2n[nH]c(C3C4CCCCC43)n2)CC1. The summed E-state index contributed by atoms with van der Waals surface area (Å²) in [6.45, 7) is 5.14. The quantitative estimate of drug-likeness (QED) is 0.895. The van der Waals surface area contributed by atoms with Gasteiger partial charge < -0.3 is 10.6 Å². The second kappa shape index (κ2) is 4.97. The smallest absolute Gasteiger partial charge is 0.244 e. The molecule has 0 amide bonds. The molecule has 5 nitrogen and oxygen atoms in total. The van der Waals surface area contributed by atoms with Crippen LogP contribution in [0.2, 0.25) is 0 Å². The number of H-pyrrole nitrogens is 1. The Morgan fingerprint density at radius 2 is 1.90 bits per heavy atom. The Kier molecular flexibility index (Phi) is 3.21. The van der Waals surface area contributed by atoms with Crippen LogP contribution in [0.1, 0.15) is 57.2 Å². The fraction of sp³-hybridized carbons (Fsp3) is 0.875. The lowest BCUT2D eigenvalue weighted by atomic mass is 9.81. The van der Waals surface area contributed by atoms with Crippen LogP contribution in [-0.4, -0.2) is 34.8 Å². The molecule has 2 atom stereocenters. The first-order valence-electron chi connectivity index (χ1n) is 8.57. The normalized spacial score (nSPS) is 34.6. The van der Waals surface area contributed by atoms with Crippen molar-refractivity contribution in [3.8, 4) is 0 Å². The molecule has 1 aromatic rings. The highest BCUT2D eigenvalue weighted by Crippen LogP contribution is 2.60. The van der Waals surface area contributed by atoms with Gasteiger partial charge in [-0.3, -0.25) is 5.10 Å². The molecule has 4 rings (SSSR count). The fourth-order valence-corrected chi connectivity index (χ4v) is 4.40. The summed E-state index contributed by atoms with van der Waals surface area (Å²) in [7, 11) is 0. The molecule has 2 aliphatic carbocycles. The molecule has 1 aliphatic heterocycles. The number of aromatic nitrogens is 3. The van der Waals surface area contributed by atoms with Gasteiger partial charge in [0.05, 0.1) is 0 Å². The Morgan fingerprint density at radius 3 is 2.52 bits per heavy atom. The molecule has 21 heavy (non-hydrogen) atoms. The summed E-state index contributed by atoms with van der Waals surface area (Å²) in [5.41, 5.74) is 6.19. The number of fused-ring (bicyclic) bond motifs is 1. The van der Waals surface area contributed by atoms with Gasteiger partial charge in [-0.1, -0.05) is 19.8 Å². The Labute approximate surface area is 126 Å². The van der Waals surface area contributed by atoms with Crippen LogP contribution in [0.4, 0.5) is 5.95 Å². The maximum absolute atomic E-state index is 5.88. The van der Waals surface area contributed by atoms with E-state index in [0.29, 0.717) is 11.3 Å². The van der Waals surface area contributed by atoms with E-state index in [9.17, 15) is 0 Å². The molecule has 0 bridgehead atoms. The molecule has 1 saturated heterocycles. The number of rotatable bonds is 3. The molecular formula is C16H27N5. The van der Waals surface area contributed by atoms with Crippen LogP contribution < -0.4 is 10.6 Å². The van der Waals surface area contributed by atoms with Crippen LogP contribution in [0, 0.1) is 17.3 Å². The first-order chi connectivity index (χ1) is 10.2. The first kappa shape index (κ1) is 13.6. The number of hydrogen-bond donors (Lipinski definition) is 2. The Morgan fingerprint density at radius 1 is 1.24 bits per heavy atom. The molecule has 2 unspecified atom stereocenters. The van der Waals surface area contributed by atoms with Gasteiger partial charge >= 0.3 is 0 Å². The molecular weight excluding hydrogens is 262 g/mol. The van der Waals surface area contributed by atoms with Crippen molar-refractivity contribution in [2.24, 2.45) is 23.0 Å². The van der Waals surface area contributed by atoms with Crippen LogP contribution in [0.3, 0.4) is 0 Å². The highest BCUT2D eigenvalue weighted by Gasteiger charge is 2.53. The number of aromatic amines is 1. The molecule has 116 valence electrons. The third-order valence-electron chi connectivity index (χ3n) is 6.21. The summed E-state index contributed by atoms with van der Waals surface area (Å²) in [4.78, 5) is 7.14. The lowest BCUT2D eigenvalue weighted by molar-refractivity contribution is 0.257. The van der Waals surface area contributed by atoms with Crippen molar-refractivity contribution < 1.29 is 0 Å². The minimum atomic E-state index is 0.307. The largest absolute Gasteiger partial charge is 0.340 e. The maximum atomic E-state index is 5.88. The summed E-state index contributed by atoms with van der Waals surface area (Å²) >= 11 is 0. The molecule has 1 aromatic heterocycles. The Balaban J connectivity index is 1.42. The Hall–Kier alpha value is -1.10. The summed E-state index contributed by atoms with van der Waals surface area (Å²) in [5.74, 6) is 4.51. The minimum Gasteiger partial charge on any atom is -0.340 e. The number of hydrogen-bond acceptors (Lipinski definition) is 4. The summed E-state index contributed by atoms with van der Waals surface area (Å²) in [6, 6.07) is 0. The van der Waals surface area contributed by atoms with E-state index in [1.807, 2.05) is 0 Å². The molecule has 0 aromatic carbocycles. The van der Waals surface area contributed by atoms with E-state index in [0.717, 1.165) is 56.1 Å². The predicted molar refractivity (Wildman–Crippen MR) is 83.2 cm³/mol. The number of nitrogens with one attached hydrogen (secondary N) is 1. The van der Waals surface area contributed by atoms with E-state index >= 15 is 0 Å². The van der Waals surface area contributed by atoms with E-state index in [4.69, 9.17) is 10.7 Å². The molecule has 5 heteroatoms. The third-order valence-corrected chi connectivity index (χ3v) is 6.21. The molecule has 0 spiro atoms. The number of nitrogens with two attached hydrogens (primary N) is 1. The predicted octanol–water partition coefficient (Wildman–Crippen LogP) is 2.27. The summed E-state index contributed by atoms with van der Waals surface area (Å²) < 4.78 is 0. The number of anilines is 1. The van der Waals surface area contributed by atoms with Crippen LogP contribution in [0.15, 0.2) is 0 Å². The van der Waals surface area contributed by atoms with Crippen molar-refractivity contribution in [2.75, 3.05) is 24.5 Å². The topological polar surface area (TPSA) is 70.8 Å². The monoisotopic (exact) mass is 289 g/mol. The van der Waals surface area contributed by atoms with Gasteiger partial charge in [0.25, 0.3) is 0 Å². The van der Waals surface area contributed by atoms with E-state index in [1.54, 1.807) is 0 Å². The molecule has 3 N–H and O–H groups in total. The molecule has 2 saturated carbocycles. The zero-order valence-electron chi connectivity index (χ0n) is 13.0. The summed E-state index contributed by atoms with van der Waals surface area (Å²) in [5, 5.41) is 7.72. The van der Waals surface area contributed by atoms with Crippen LogP contribution in [-0.2, 0) is 0 Å². The van der Waals surface area contributed by atoms with Crippen molar-refractivity contribution in [2.45, 2.75) is 51.4 Å². The van der Waals surface area contributed by atoms with Gasteiger partial charge in [-0.25, -0.2) is 0 Å². The van der Waals surface area contributed by atoms with Gasteiger partial charge in [0.2, 0.25) is 5.95 Å². The maximum Gasteiger partial charge on any atom is 0.244 e. The van der Waals surface area contributed by atoms with Crippen LogP contribution in [0.25, 0.3) is 0 Å². The minimum absolute atomic E-state index is 0.307. The van der Waals surface area contributed by atoms with Gasteiger partial charge in [-0.15, -0.1) is 5.10 Å². The summed E-state index contributed by atoms with van der Waals surface area (Å²) in [6.07, 6.45) is 7.88. The zero-order chi connectivity index (χ0) is 14.4. The molecule has 3 aliphatic rings. The van der Waals surface area contributed by atoms with Crippen molar-refractivity contribution in [3.63, 3.8) is 0 Å². The van der Waals surface area contributed by atoms with Crippen molar-refractivity contribution in [1.82, 2.24) is 15.2 Å². The number of nitrogens with zero attached hydrogens (tertiary/aromatic N) is 3. The van der Waals surface area contributed by atoms with Gasteiger partial charge in [-0.05, 0) is 49.5 Å². The lowest BCUT2D eigenvalue weighted by Gasteiger charge is -2.38. The van der Waals surface area contributed by atoms with Crippen LogP contribution >= 0.6 is 0 Å². The highest BCUT2D eigenvalue weighted by atomic mass is 15.4. The second-order valence-corrected chi connectivity index (χ2v) is 7.66. The van der Waals surface area contributed by atoms with Crippen LogP contribution in [0.5, 0.6) is 0 Å². The zero-order valence-corrected chi connectivity index (χ0v) is 13.0. The van der Waals surface area contributed by atoms with E-state index in [1.165, 1.54) is 25.7 Å². The van der Waals surface area contributed by atoms with Crippen molar-refractivity contribution in [3.05, 3.63) is 5.82 Å². The van der Waals surface area contributed by atoms with Crippen molar-refractivity contribution in [1.29, 1.82) is 0 Å². The Bertz CT molecular complexity index is 491. The van der Waals surface area contributed by atoms with Crippen molar-refractivity contribution >= 4 is 5.95 Å². The van der Waals surface area contributed by atoms with E-state index < -0.39 is 0 Å². The molecule has 0 radical (unpaired) electrons. The first-order valence-corrected chi connectivity index (χ1v) is 8.57. The average molecular weight is 289 g/mol. The van der Waals surface area contributed by atoms with Gasteiger partial charge in [-0.2, -0.15) is 4.98 Å². The lowest BCUT2D eigenvalue weighted by Crippen LogP contribution is -2.42. The van der Waals surface area contributed by atoms with Gasteiger partial charge in [0, 0.05) is 19.0 Å². The van der Waals surface area contributed by atoms with E-state index in [2.05, 4.69) is 22.0 Å². The standard InChI is InChI=1S/C16H27N5/c1-16(10-17)6-8-21(9-7-16)15-18-14(19-20-15)13-11-4-2-3-5-12(11)13/h11-13H,2-10,17H2,1H3,(H,18,19,20). The average Bonchev–Trinajstić information content (AvgIpc) is 3.06. The van der Waals surface area contributed by atoms with Gasteiger partial charge in [0.15, 0.2) is 0 Å². The second-order valence-electron chi connectivity index (χ2n) is 7.66. The van der Waals surface area contributed by atoms with E-state index in [-0.39, 0.29) is 0 Å². The molecule has 2 heterocycles. The van der Waals surface area contributed by atoms with Gasteiger partial charge in [0.1, 0.15) is 5.82 Å². The number of piperidine rings is 1. The fourth-order valence-electron chi connectivity index (χ4n) is 4.40. The highest BCUT2D eigenvalue weighted by molar-refractivity contribution is 5.32. The molecule has 3 fully saturated rings. The third kappa shape index (κ3) is 2.35.